The van der Waals surface area contributed by atoms with E-state index in [0.717, 1.165) is 10.4 Å². The molecule has 0 aliphatic heterocycles. The van der Waals surface area contributed by atoms with Crippen LogP contribution in [0.1, 0.15) is 10.4 Å². The Balaban J connectivity index is 1.82. The lowest BCUT2D eigenvalue weighted by atomic mass is 10.2. The van der Waals surface area contributed by atoms with Crippen LogP contribution in [0.5, 0.6) is 17.2 Å². The Bertz CT molecular complexity index is 832. The largest absolute Gasteiger partial charge is 0.493 e. The Kier molecular flexibility index (Phi) is 6.44. The van der Waals surface area contributed by atoms with Gasteiger partial charge in [0.2, 0.25) is 5.75 Å². The van der Waals surface area contributed by atoms with Crippen LogP contribution in [0.2, 0.25) is 0 Å². The molecule has 3 aromatic rings. The summed E-state index contributed by atoms with van der Waals surface area (Å²) in [5, 5.41) is 4.90. The molecule has 0 saturated heterocycles. The van der Waals surface area contributed by atoms with Crippen LogP contribution >= 0.6 is 11.3 Å². The van der Waals surface area contributed by atoms with E-state index in [2.05, 4.69) is 5.32 Å². The number of ether oxygens (including phenoxy) is 3. The van der Waals surface area contributed by atoms with Gasteiger partial charge in [0.1, 0.15) is 0 Å². The molecule has 0 unspecified atom stereocenters. The number of thiophene rings is 1. The van der Waals surface area contributed by atoms with E-state index in [1.807, 2.05) is 23.6 Å². The van der Waals surface area contributed by atoms with Crippen LogP contribution in [-0.2, 0) is 13.1 Å². The van der Waals surface area contributed by atoms with Crippen molar-refractivity contribution in [3.05, 3.63) is 58.7 Å². The molecule has 2 heterocycles. The van der Waals surface area contributed by atoms with Gasteiger partial charge in [0.25, 0.3) is 0 Å². The van der Waals surface area contributed by atoms with Gasteiger partial charge in [-0.2, -0.15) is 0 Å². The van der Waals surface area contributed by atoms with Gasteiger partial charge in [0.15, 0.2) is 11.5 Å². The minimum atomic E-state index is -0.246. The predicted octanol–water partition coefficient (Wildman–Crippen LogP) is 4.60. The van der Waals surface area contributed by atoms with Crippen LogP contribution in [0.3, 0.4) is 0 Å². The summed E-state index contributed by atoms with van der Waals surface area (Å²) in [5.74, 6) is 1.41. The highest BCUT2D eigenvalue weighted by Gasteiger charge is 2.19. The molecule has 2 amide bonds. The molecule has 1 aromatic carbocycles. The first-order valence-corrected chi connectivity index (χ1v) is 9.42. The molecule has 28 heavy (non-hydrogen) atoms. The van der Waals surface area contributed by atoms with Crippen LogP contribution in [0.4, 0.5) is 10.5 Å². The van der Waals surface area contributed by atoms with E-state index in [0.29, 0.717) is 36.0 Å². The number of urea groups is 1. The van der Waals surface area contributed by atoms with E-state index >= 15 is 0 Å². The number of hydrogen-bond acceptors (Lipinski definition) is 6. The molecular formula is C20H22N2O5S. The molecular weight excluding hydrogens is 380 g/mol. The number of benzene rings is 1. The molecule has 2 aromatic heterocycles. The summed E-state index contributed by atoms with van der Waals surface area (Å²) in [5.41, 5.74) is 1.46. The van der Waals surface area contributed by atoms with Crippen LogP contribution in [0.15, 0.2) is 52.7 Å². The summed E-state index contributed by atoms with van der Waals surface area (Å²) in [6.45, 7) is 0.907. The number of nitrogens with one attached hydrogen (secondary N) is 1. The first kappa shape index (κ1) is 19.6. The third-order valence-electron chi connectivity index (χ3n) is 4.08. The Morgan fingerprint density at radius 1 is 1.11 bits per heavy atom. The van der Waals surface area contributed by atoms with Gasteiger partial charge in [-0.3, -0.25) is 0 Å². The number of carbonyl (C=O) groups excluding carboxylic acids is 1. The molecule has 0 spiro atoms. The number of anilines is 1. The molecule has 0 aliphatic rings. The van der Waals surface area contributed by atoms with Crippen LogP contribution in [-0.4, -0.2) is 32.3 Å². The molecule has 0 radical (unpaired) electrons. The molecule has 0 saturated carbocycles. The normalized spacial score (nSPS) is 10.4. The van der Waals surface area contributed by atoms with Crippen molar-refractivity contribution in [3.63, 3.8) is 0 Å². The Labute approximate surface area is 167 Å². The fourth-order valence-electron chi connectivity index (χ4n) is 2.75. The highest BCUT2D eigenvalue weighted by Crippen LogP contribution is 2.40. The number of carbonyl (C=O) groups is 1. The van der Waals surface area contributed by atoms with Gasteiger partial charge in [-0.25, -0.2) is 4.79 Å². The fraction of sp³-hybridized carbons (Fsp3) is 0.250. The third-order valence-corrected chi connectivity index (χ3v) is 4.94. The molecule has 3 rings (SSSR count). The summed E-state index contributed by atoms with van der Waals surface area (Å²) >= 11 is 1.60. The summed E-state index contributed by atoms with van der Waals surface area (Å²) < 4.78 is 21.2. The zero-order valence-electron chi connectivity index (χ0n) is 15.9. The highest BCUT2D eigenvalue weighted by atomic mass is 32.1. The SMILES string of the molecule is COc1cc(NC(=O)N(Cc2ccoc2)Cc2cccs2)cc(OC)c1OC. The van der Waals surface area contributed by atoms with Crippen molar-refractivity contribution in [2.75, 3.05) is 26.6 Å². The second kappa shape index (κ2) is 9.18. The van der Waals surface area contributed by atoms with E-state index in [9.17, 15) is 4.79 Å². The maximum atomic E-state index is 13.0. The summed E-state index contributed by atoms with van der Waals surface area (Å²) in [7, 11) is 4.60. The van der Waals surface area contributed by atoms with Crippen LogP contribution in [0, 0.1) is 0 Å². The van der Waals surface area contributed by atoms with Gasteiger partial charge < -0.3 is 28.8 Å². The molecule has 0 bridgehead atoms. The lowest BCUT2D eigenvalue weighted by Gasteiger charge is -2.23. The topological polar surface area (TPSA) is 73.2 Å². The van der Waals surface area contributed by atoms with Crippen LogP contribution in [0.25, 0.3) is 0 Å². The van der Waals surface area contributed by atoms with Crippen molar-refractivity contribution >= 4 is 23.1 Å². The quantitative estimate of drug-likeness (QED) is 0.596. The molecule has 0 aliphatic carbocycles. The third kappa shape index (κ3) is 4.58. The first-order chi connectivity index (χ1) is 13.6. The Morgan fingerprint density at radius 2 is 1.86 bits per heavy atom. The number of amides is 2. The molecule has 0 fully saturated rings. The van der Waals surface area contributed by atoms with E-state index in [4.69, 9.17) is 18.6 Å². The smallest absolute Gasteiger partial charge is 0.322 e. The average molecular weight is 402 g/mol. The Morgan fingerprint density at radius 3 is 2.39 bits per heavy atom. The van der Waals surface area contributed by atoms with Crippen molar-refractivity contribution in [2.45, 2.75) is 13.1 Å². The van der Waals surface area contributed by atoms with Gasteiger partial charge in [0.05, 0.1) is 52.6 Å². The van der Waals surface area contributed by atoms with Crippen molar-refractivity contribution < 1.29 is 23.4 Å². The number of rotatable bonds is 8. The van der Waals surface area contributed by atoms with Crippen molar-refractivity contribution in [1.29, 1.82) is 0 Å². The maximum Gasteiger partial charge on any atom is 0.322 e. The standard InChI is InChI=1S/C20H22N2O5S/c1-24-17-9-15(10-18(25-2)19(17)26-3)21-20(23)22(11-14-6-7-27-13-14)12-16-5-4-8-28-16/h4-10,13H,11-12H2,1-3H3,(H,21,23). The minimum Gasteiger partial charge on any atom is -0.493 e. The minimum absolute atomic E-state index is 0.246. The lowest BCUT2D eigenvalue weighted by molar-refractivity contribution is 0.207. The second-order valence-corrected chi connectivity index (χ2v) is 6.94. The second-order valence-electron chi connectivity index (χ2n) is 5.91. The predicted molar refractivity (Wildman–Crippen MR) is 107 cm³/mol. The summed E-state index contributed by atoms with van der Waals surface area (Å²) in [6.07, 6.45) is 3.23. The van der Waals surface area contributed by atoms with Gasteiger partial charge >= 0.3 is 6.03 Å². The fourth-order valence-corrected chi connectivity index (χ4v) is 3.47. The zero-order valence-corrected chi connectivity index (χ0v) is 16.7. The van der Waals surface area contributed by atoms with Gasteiger partial charge in [-0.1, -0.05) is 6.07 Å². The number of nitrogens with zero attached hydrogens (tertiary/aromatic N) is 1. The number of hydrogen-bond donors (Lipinski definition) is 1. The van der Waals surface area contributed by atoms with E-state index in [-0.39, 0.29) is 6.03 Å². The first-order valence-electron chi connectivity index (χ1n) is 8.54. The average Bonchev–Trinajstić information content (AvgIpc) is 3.40. The molecule has 7 nitrogen and oxygen atoms in total. The maximum absolute atomic E-state index is 13.0. The molecule has 1 N–H and O–H groups in total. The zero-order chi connectivity index (χ0) is 19.9. The summed E-state index contributed by atoms with van der Waals surface area (Å²) in [6, 6.07) is 8.95. The molecule has 0 atom stereocenters. The number of methoxy groups -OCH3 is 3. The van der Waals surface area contributed by atoms with Gasteiger partial charge in [-0.15, -0.1) is 11.3 Å². The Hall–Kier alpha value is -3.13. The number of furan rings is 1. The van der Waals surface area contributed by atoms with Crippen molar-refractivity contribution in [1.82, 2.24) is 4.90 Å². The summed E-state index contributed by atoms with van der Waals surface area (Å²) in [4.78, 5) is 15.8. The molecule has 8 heteroatoms. The highest BCUT2D eigenvalue weighted by molar-refractivity contribution is 7.09. The van der Waals surface area contributed by atoms with E-state index in [1.54, 1.807) is 40.9 Å². The molecule has 148 valence electrons. The van der Waals surface area contributed by atoms with Crippen molar-refractivity contribution in [2.24, 2.45) is 0 Å². The lowest BCUT2D eigenvalue weighted by Crippen LogP contribution is -2.33. The van der Waals surface area contributed by atoms with Crippen molar-refractivity contribution in [3.8, 4) is 17.2 Å². The van der Waals surface area contributed by atoms with E-state index < -0.39 is 0 Å². The van der Waals surface area contributed by atoms with E-state index in [1.165, 1.54) is 21.3 Å². The monoisotopic (exact) mass is 402 g/mol. The van der Waals surface area contributed by atoms with Gasteiger partial charge in [-0.05, 0) is 17.5 Å². The van der Waals surface area contributed by atoms with Crippen LogP contribution < -0.4 is 19.5 Å². The van der Waals surface area contributed by atoms with Gasteiger partial charge in [0, 0.05) is 22.6 Å².